The van der Waals surface area contributed by atoms with Crippen molar-refractivity contribution in [1.82, 2.24) is 10.2 Å². The molecule has 2 saturated heterocycles. The lowest BCUT2D eigenvalue weighted by Crippen LogP contribution is -2.44. The number of amides is 2. The summed E-state index contributed by atoms with van der Waals surface area (Å²) in [4.78, 5) is 36.8. The van der Waals surface area contributed by atoms with E-state index in [-0.39, 0.29) is 12.1 Å². The van der Waals surface area contributed by atoms with Crippen molar-refractivity contribution in [2.45, 2.75) is 12.0 Å². The summed E-state index contributed by atoms with van der Waals surface area (Å²) in [5.74, 6) is -1.92. The van der Waals surface area contributed by atoms with E-state index in [1.807, 2.05) is 0 Å². The number of ether oxygens (including phenoxy) is 2. The Morgan fingerprint density at radius 3 is 2.55 bits per heavy atom. The van der Waals surface area contributed by atoms with Gasteiger partial charge >= 0.3 is 5.97 Å². The fraction of sp³-hybridized carbons (Fsp3) is 0.462. The van der Waals surface area contributed by atoms with Crippen LogP contribution in [0.1, 0.15) is 6.42 Å². The van der Waals surface area contributed by atoms with Gasteiger partial charge in [0.1, 0.15) is 5.70 Å². The fourth-order valence-corrected chi connectivity index (χ4v) is 2.07. The summed E-state index contributed by atoms with van der Waals surface area (Å²) in [7, 11) is 0. The third kappa shape index (κ3) is 2.57. The SMILES string of the molecule is C=CC1(OC(=O)C(=C)N2CCOCC2)CC(=O)NC1=O. The van der Waals surface area contributed by atoms with Crippen molar-refractivity contribution in [3.8, 4) is 0 Å². The Kier molecular flexibility index (Phi) is 3.89. The van der Waals surface area contributed by atoms with Gasteiger partial charge in [0.25, 0.3) is 5.91 Å². The first-order valence-corrected chi connectivity index (χ1v) is 6.21. The highest BCUT2D eigenvalue weighted by atomic mass is 16.6. The minimum absolute atomic E-state index is 0.140. The lowest BCUT2D eigenvalue weighted by molar-refractivity contribution is -0.159. The summed E-state index contributed by atoms with van der Waals surface area (Å²) < 4.78 is 10.3. The number of carbonyl (C=O) groups excluding carboxylic acids is 3. The van der Waals surface area contributed by atoms with Crippen molar-refractivity contribution in [2.24, 2.45) is 0 Å². The minimum atomic E-state index is -1.64. The maximum atomic E-state index is 12.1. The molecular weight excluding hydrogens is 264 g/mol. The zero-order valence-electron chi connectivity index (χ0n) is 11.0. The molecule has 0 aromatic rings. The molecule has 2 amide bonds. The molecule has 2 heterocycles. The van der Waals surface area contributed by atoms with Crippen molar-refractivity contribution in [3.05, 3.63) is 24.9 Å². The Morgan fingerprint density at radius 2 is 2.05 bits per heavy atom. The van der Waals surface area contributed by atoms with Crippen LogP contribution in [0.5, 0.6) is 0 Å². The molecule has 0 saturated carbocycles. The van der Waals surface area contributed by atoms with E-state index >= 15 is 0 Å². The molecule has 0 spiro atoms. The van der Waals surface area contributed by atoms with Crippen LogP contribution in [0, 0.1) is 0 Å². The molecule has 0 aromatic carbocycles. The average Bonchev–Trinajstić information content (AvgIpc) is 2.73. The number of hydrogen-bond acceptors (Lipinski definition) is 6. The van der Waals surface area contributed by atoms with E-state index in [2.05, 4.69) is 18.5 Å². The van der Waals surface area contributed by atoms with E-state index in [0.29, 0.717) is 26.3 Å². The van der Waals surface area contributed by atoms with Gasteiger partial charge in [0.05, 0.1) is 19.6 Å². The summed E-state index contributed by atoms with van der Waals surface area (Å²) in [6, 6.07) is 0. The van der Waals surface area contributed by atoms with Gasteiger partial charge < -0.3 is 14.4 Å². The smallest absolute Gasteiger partial charge is 0.355 e. The lowest BCUT2D eigenvalue weighted by atomic mass is 10.0. The summed E-state index contributed by atoms with van der Waals surface area (Å²) in [5.41, 5.74) is -1.50. The van der Waals surface area contributed by atoms with Gasteiger partial charge in [-0.3, -0.25) is 14.9 Å². The van der Waals surface area contributed by atoms with E-state index in [4.69, 9.17) is 9.47 Å². The summed E-state index contributed by atoms with van der Waals surface area (Å²) >= 11 is 0. The molecule has 7 nitrogen and oxygen atoms in total. The second-order valence-corrected chi connectivity index (χ2v) is 4.58. The molecule has 2 rings (SSSR count). The molecule has 0 aromatic heterocycles. The molecule has 7 heteroatoms. The first kappa shape index (κ1) is 14.3. The standard InChI is InChI=1S/C13H16N2O5/c1-3-13(8-10(16)14-12(13)18)20-11(17)9(2)15-4-6-19-7-5-15/h3H,1-2,4-8H2,(H,14,16,18). The lowest BCUT2D eigenvalue weighted by Gasteiger charge is -2.30. The van der Waals surface area contributed by atoms with E-state index in [0.717, 1.165) is 6.08 Å². The number of morpholine rings is 1. The van der Waals surface area contributed by atoms with Gasteiger partial charge in [-0.1, -0.05) is 13.2 Å². The first-order chi connectivity index (χ1) is 9.48. The van der Waals surface area contributed by atoms with Crippen molar-refractivity contribution in [1.29, 1.82) is 0 Å². The normalized spacial score (nSPS) is 26.1. The second kappa shape index (κ2) is 5.46. The van der Waals surface area contributed by atoms with E-state index < -0.39 is 23.4 Å². The summed E-state index contributed by atoms with van der Waals surface area (Å²) in [6.07, 6.45) is 0.912. The number of hydrogen-bond donors (Lipinski definition) is 1. The Hall–Kier alpha value is -2.15. The van der Waals surface area contributed by atoms with Crippen LogP contribution in [0.3, 0.4) is 0 Å². The molecule has 2 aliphatic rings. The fourth-order valence-electron chi connectivity index (χ4n) is 2.07. The van der Waals surface area contributed by atoms with E-state index in [1.54, 1.807) is 4.90 Å². The number of nitrogens with one attached hydrogen (secondary N) is 1. The van der Waals surface area contributed by atoms with Gasteiger partial charge in [0.15, 0.2) is 0 Å². The highest BCUT2D eigenvalue weighted by molar-refractivity contribution is 6.10. The van der Waals surface area contributed by atoms with Crippen LogP contribution in [-0.4, -0.2) is 54.6 Å². The van der Waals surface area contributed by atoms with Crippen LogP contribution in [0.4, 0.5) is 0 Å². The average molecular weight is 280 g/mol. The van der Waals surface area contributed by atoms with Gasteiger partial charge in [-0.15, -0.1) is 0 Å². The monoisotopic (exact) mass is 280 g/mol. The molecule has 2 fully saturated rings. The van der Waals surface area contributed by atoms with Crippen LogP contribution in [0.2, 0.25) is 0 Å². The highest BCUT2D eigenvalue weighted by Gasteiger charge is 2.48. The zero-order valence-corrected chi connectivity index (χ0v) is 11.0. The molecule has 108 valence electrons. The van der Waals surface area contributed by atoms with Crippen LogP contribution in [0.15, 0.2) is 24.9 Å². The van der Waals surface area contributed by atoms with Crippen molar-refractivity contribution >= 4 is 17.8 Å². The van der Waals surface area contributed by atoms with E-state index in [9.17, 15) is 14.4 Å². The molecule has 0 bridgehead atoms. The second-order valence-electron chi connectivity index (χ2n) is 4.58. The molecule has 2 aliphatic heterocycles. The largest absolute Gasteiger partial charge is 0.439 e. The van der Waals surface area contributed by atoms with Crippen LogP contribution < -0.4 is 5.32 Å². The van der Waals surface area contributed by atoms with Crippen molar-refractivity contribution < 1.29 is 23.9 Å². The Labute approximate surface area is 116 Å². The van der Waals surface area contributed by atoms with Crippen molar-refractivity contribution in [3.63, 3.8) is 0 Å². The maximum absolute atomic E-state index is 12.1. The molecule has 0 aliphatic carbocycles. The molecule has 20 heavy (non-hydrogen) atoms. The number of nitrogens with zero attached hydrogens (tertiary/aromatic N) is 1. The predicted molar refractivity (Wildman–Crippen MR) is 68.3 cm³/mol. The minimum Gasteiger partial charge on any atom is -0.439 e. The number of imide groups is 1. The van der Waals surface area contributed by atoms with Crippen molar-refractivity contribution in [2.75, 3.05) is 26.3 Å². The molecular formula is C13H16N2O5. The Bertz CT molecular complexity index is 481. The maximum Gasteiger partial charge on any atom is 0.355 e. The number of rotatable bonds is 4. The zero-order chi connectivity index (χ0) is 14.8. The molecule has 1 unspecified atom stereocenters. The van der Waals surface area contributed by atoms with E-state index in [1.165, 1.54) is 0 Å². The summed E-state index contributed by atoms with van der Waals surface area (Å²) in [6.45, 7) is 9.20. The molecule has 1 N–H and O–H groups in total. The predicted octanol–water partition coefficient (Wildman–Crippen LogP) is -0.653. The highest BCUT2D eigenvalue weighted by Crippen LogP contribution is 2.25. The third-order valence-corrected chi connectivity index (χ3v) is 3.29. The first-order valence-electron chi connectivity index (χ1n) is 6.21. The summed E-state index contributed by atoms with van der Waals surface area (Å²) in [5, 5.41) is 2.09. The van der Waals surface area contributed by atoms with Gasteiger partial charge in [-0.25, -0.2) is 4.79 Å². The quantitative estimate of drug-likeness (QED) is 0.319. The van der Waals surface area contributed by atoms with Crippen LogP contribution >= 0.6 is 0 Å². The molecule has 0 radical (unpaired) electrons. The van der Waals surface area contributed by atoms with Gasteiger partial charge in [-0.2, -0.15) is 0 Å². The Morgan fingerprint density at radius 1 is 1.40 bits per heavy atom. The van der Waals surface area contributed by atoms with Crippen LogP contribution in [-0.2, 0) is 23.9 Å². The van der Waals surface area contributed by atoms with Crippen LogP contribution in [0.25, 0.3) is 0 Å². The number of carbonyl (C=O) groups is 3. The topological polar surface area (TPSA) is 84.9 Å². The third-order valence-electron chi connectivity index (χ3n) is 3.29. The Balaban J connectivity index is 2.06. The van der Waals surface area contributed by atoms with Gasteiger partial charge in [-0.05, 0) is 6.08 Å². The van der Waals surface area contributed by atoms with Gasteiger partial charge in [0, 0.05) is 13.1 Å². The van der Waals surface area contributed by atoms with Gasteiger partial charge in [0.2, 0.25) is 11.5 Å². The number of esters is 1. The molecule has 1 atom stereocenters.